The molecule has 0 saturated carbocycles. The van der Waals surface area contributed by atoms with Gasteiger partial charge in [-0.2, -0.15) is 11.8 Å². The number of aromatic nitrogens is 1. The Morgan fingerprint density at radius 3 is 2.69 bits per heavy atom. The monoisotopic (exact) mass is 236 g/mol. The Labute approximate surface area is 102 Å². The summed E-state index contributed by atoms with van der Waals surface area (Å²) in [5, 5.41) is 0. The molecule has 1 fully saturated rings. The Balaban J connectivity index is 1.75. The quantitative estimate of drug-likeness (QED) is 0.802. The first-order chi connectivity index (χ1) is 7.95. The van der Waals surface area contributed by atoms with E-state index in [9.17, 15) is 0 Å². The highest BCUT2D eigenvalue weighted by Gasteiger charge is 2.07. The number of hydrogen-bond acceptors (Lipinski definition) is 3. The van der Waals surface area contributed by atoms with E-state index in [2.05, 4.69) is 33.8 Å². The molecule has 3 heteroatoms. The first-order valence-electron chi connectivity index (χ1n) is 6.15. The number of hydrogen-bond donors (Lipinski definition) is 0. The maximum atomic E-state index is 4.37. The number of nitrogens with zero attached hydrogens (tertiary/aromatic N) is 2. The summed E-state index contributed by atoms with van der Waals surface area (Å²) < 4.78 is 0. The zero-order valence-corrected chi connectivity index (χ0v) is 10.6. The highest BCUT2D eigenvalue weighted by molar-refractivity contribution is 7.99. The second-order valence-corrected chi connectivity index (χ2v) is 5.46. The van der Waals surface area contributed by atoms with Gasteiger partial charge in [0.05, 0.1) is 0 Å². The molecular formula is C13H20N2S. The molecule has 0 aromatic carbocycles. The molecule has 88 valence electrons. The van der Waals surface area contributed by atoms with Gasteiger partial charge in [-0.3, -0.25) is 4.98 Å². The fourth-order valence-electron chi connectivity index (χ4n) is 2.04. The smallest absolute Gasteiger partial charge is 0.0416 e. The molecule has 0 radical (unpaired) electrons. The van der Waals surface area contributed by atoms with Crippen LogP contribution in [0.5, 0.6) is 0 Å². The van der Waals surface area contributed by atoms with Gasteiger partial charge in [0.1, 0.15) is 0 Å². The minimum Gasteiger partial charge on any atom is -0.303 e. The molecule has 2 heterocycles. The second-order valence-electron chi connectivity index (χ2n) is 4.23. The highest BCUT2D eigenvalue weighted by atomic mass is 32.2. The minimum absolute atomic E-state index is 1.09. The molecule has 2 nitrogen and oxygen atoms in total. The van der Waals surface area contributed by atoms with Crippen molar-refractivity contribution in [3.8, 4) is 0 Å². The van der Waals surface area contributed by atoms with Crippen LogP contribution in [0.2, 0.25) is 0 Å². The Bertz CT molecular complexity index is 281. The Morgan fingerprint density at radius 1 is 1.19 bits per heavy atom. The molecule has 0 bridgehead atoms. The van der Waals surface area contributed by atoms with Gasteiger partial charge in [0, 0.05) is 24.9 Å². The molecule has 16 heavy (non-hydrogen) atoms. The molecule has 0 amide bonds. The highest BCUT2D eigenvalue weighted by Crippen LogP contribution is 2.11. The summed E-state index contributed by atoms with van der Waals surface area (Å²) in [5.41, 5.74) is 1.22. The van der Waals surface area contributed by atoms with Crippen LogP contribution in [0.1, 0.15) is 18.5 Å². The van der Waals surface area contributed by atoms with Gasteiger partial charge in [0.2, 0.25) is 0 Å². The van der Waals surface area contributed by atoms with Gasteiger partial charge in [0.25, 0.3) is 0 Å². The topological polar surface area (TPSA) is 16.1 Å². The van der Waals surface area contributed by atoms with Gasteiger partial charge in [-0.1, -0.05) is 6.07 Å². The van der Waals surface area contributed by atoms with E-state index in [0.29, 0.717) is 0 Å². The normalized spacial score (nSPS) is 19.0. The van der Waals surface area contributed by atoms with Crippen LogP contribution in [0, 0.1) is 0 Å². The molecule has 0 atom stereocenters. The SMILES string of the molecule is c1ccc(CCN2CCCSCCC2)nc1. The van der Waals surface area contributed by atoms with Crippen LogP contribution in [-0.4, -0.2) is 41.0 Å². The van der Waals surface area contributed by atoms with Crippen LogP contribution >= 0.6 is 11.8 Å². The van der Waals surface area contributed by atoms with E-state index < -0.39 is 0 Å². The number of thioether (sulfide) groups is 1. The number of pyridine rings is 1. The van der Waals surface area contributed by atoms with Crippen LogP contribution in [0.3, 0.4) is 0 Å². The molecule has 0 N–H and O–H groups in total. The summed E-state index contributed by atoms with van der Waals surface area (Å²) >= 11 is 2.11. The average Bonchev–Trinajstić information content (AvgIpc) is 2.29. The Morgan fingerprint density at radius 2 is 2.00 bits per heavy atom. The summed E-state index contributed by atoms with van der Waals surface area (Å²) in [5.74, 6) is 2.67. The average molecular weight is 236 g/mol. The van der Waals surface area contributed by atoms with Crippen LogP contribution in [0.4, 0.5) is 0 Å². The lowest BCUT2D eigenvalue weighted by Gasteiger charge is -2.24. The van der Waals surface area contributed by atoms with Crippen molar-refractivity contribution in [1.82, 2.24) is 9.88 Å². The van der Waals surface area contributed by atoms with Gasteiger partial charge in [-0.05, 0) is 49.6 Å². The zero-order chi connectivity index (χ0) is 11.1. The van der Waals surface area contributed by atoms with Crippen molar-refractivity contribution in [2.45, 2.75) is 19.3 Å². The summed E-state index contributed by atoms with van der Waals surface area (Å²) in [6, 6.07) is 6.18. The first kappa shape index (κ1) is 11.9. The van der Waals surface area contributed by atoms with Gasteiger partial charge >= 0.3 is 0 Å². The summed E-state index contributed by atoms with van der Waals surface area (Å²) in [6.45, 7) is 3.70. The molecular weight excluding hydrogens is 216 g/mol. The predicted octanol–water partition coefficient (Wildman–Crippen LogP) is 2.45. The third kappa shape index (κ3) is 4.14. The van der Waals surface area contributed by atoms with Crippen molar-refractivity contribution < 1.29 is 0 Å². The van der Waals surface area contributed by atoms with Crippen molar-refractivity contribution in [2.24, 2.45) is 0 Å². The summed E-state index contributed by atoms with van der Waals surface area (Å²) in [4.78, 5) is 6.97. The van der Waals surface area contributed by atoms with Gasteiger partial charge in [0.15, 0.2) is 0 Å². The fourth-order valence-corrected chi connectivity index (χ4v) is 2.91. The second kappa shape index (κ2) is 6.92. The largest absolute Gasteiger partial charge is 0.303 e. The van der Waals surface area contributed by atoms with Crippen LogP contribution in [-0.2, 0) is 6.42 Å². The zero-order valence-electron chi connectivity index (χ0n) is 9.77. The minimum atomic E-state index is 1.09. The molecule has 1 aromatic rings. The van der Waals surface area contributed by atoms with E-state index in [1.54, 1.807) is 0 Å². The van der Waals surface area contributed by atoms with Crippen molar-refractivity contribution in [3.63, 3.8) is 0 Å². The molecule has 1 aliphatic rings. The van der Waals surface area contributed by atoms with Crippen molar-refractivity contribution >= 4 is 11.8 Å². The van der Waals surface area contributed by atoms with E-state index >= 15 is 0 Å². The predicted molar refractivity (Wildman–Crippen MR) is 70.9 cm³/mol. The molecule has 1 saturated heterocycles. The van der Waals surface area contributed by atoms with E-state index in [-0.39, 0.29) is 0 Å². The van der Waals surface area contributed by atoms with Crippen LogP contribution < -0.4 is 0 Å². The first-order valence-corrected chi connectivity index (χ1v) is 7.30. The molecule has 2 rings (SSSR count). The standard InChI is InChI=1S/C13H20N2S/c1-2-7-14-13(5-1)6-10-15-8-3-11-16-12-4-9-15/h1-2,5,7H,3-4,6,8-12H2. The van der Waals surface area contributed by atoms with Crippen molar-refractivity contribution in [3.05, 3.63) is 30.1 Å². The maximum absolute atomic E-state index is 4.37. The van der Waals surface area contributed by atoms with E-state index in [1.165, 1.54) is 49.7 Å². The van der Waals surface area contributed by atoms with Crippen LogP contribution in [0.15, 0.2) is 24.4 Å². The van der Waals surface area contributed by atoms with E-state index in [0.717, 1.165) is 6.42 Å². The Kier molecular flexibility index (Phi) is 5.16. The molecule has 1 aromatic heterocycles. The maximum Gasteiger partial charge on any atom is 0.0416 e. The lowest BCUT2D eigenvalue weighted by Crippen LogP contribution is -2.30. The van der Waals surface area contributed by atoms with E-state index in [4.69, 9.17) is 0 Å². The van der Waals surface area contributed by atoms with Gasteiger partial charge < -0.3 is 4.90 Å². The lowest BCUT2D eigenvalue weighted by molar-refractivity contribution is 0.277. The van der Waals surface area contributed by atoms with E-state index in [1.807, 2.05) is 12.3 Å². The van der Waals surface area contributed by atoms with Gasteiger partial charge in [-0.15, -0.1) is 0 Å². The van der Waals surface area contributed by atoms with Crippen LogP contribution in [0.25, 0.3) is 0 Å². The molecule has 0 aliphatic carbocycles. The summed E-state index contributed by atoms with van der Waals surface area (Å²) in [6.07, 6.45) is 5.66. The third-order valence-corrected chi connectivity index (χ3v) is 4.09. The Hall–Kier alpha value is -0.540. The molecule has 1 aliphatic heterocycles. The van der Waals surface area contributed by atoms with Crippen molar-refractivity contribution in [2.75, 3.05) is 31.1 Å². The third-order valence-electron chi connectivity index (χ3n) is 2.94. The van der Waals surface area contributed by atoms with Crippen molar-refractivity contribution in [1.29, 1.82) is 0 Å². The fraction of sp³-hybridized carbons (Fsp3) is 0.615. The van der Waals surface area contributed by atoms with Gasteiger partial charge in [-0.25, -0.2) is 0 Å². The summed E-state index contributed by atoms with van der Waals surface area (Å²) in [7, 11) is 0. The molecule has 0 spiro atoms. The lowest BCUT2D eigenvalue weighted by atomic mass is 10.2. The molecule has 0 unspecified atom stereocenters. The number of rotatable bonds is 3.